The predicted octanol–water partition coefficient (Wildman–Crippen LogP) is 3.56. The lowest BCUT2D eigenvalue weighted by Crippen LogP contribution is -2.34. The Morgan fingerprint density at radius 2 is 2.00 bits per heavy atom. The van der Waals surface area contributed by atoms with E-state index in [0.717, 1.165) is 50.5 Å². The molecule has 1 fully saturated rings. The fourth-order valence-electron chi connectivity index (χ4n) is 3.13. The Balaban J connectivity index is 1.67. The van der Waals surface area contributed by atoms with Crippen LogP contribution in [0, 0.1) is 17.2 Å². The molecular weight excluding hydrogens is 324 g/mol. The molecule has 6 heteroatoms. The van der Waals surface area contributed by atoms with Crippen molar-refractivity contribution in [1.82, 2.24) is 0 Å². The van der Waals surface area contributed by atoms with Gasteiger partial charge in [0.2, 0.25) is 0 Å². The highest BCUT2D eigenvalue weighted by molar-refractivity contribution is 7.16. The SMILES string of the molecule is C[C@H](OC(=O)C1CCC1)C(=O)Nc1sc2c(c1C#N)CCCCC2. The Labute approximate surface area is 146 Å². The van der Waals surface area contributed by atoms with Gasteiger partial charge in [0.15, 0.2) is 6.10 Å². The summed E-state index contributed by atoms with van der Waals surface area (Å²) in [6.45, 7) is 1.58. The highest BCUT2D eigenvalue weighted by Crippen LogP contribution is 2.37. The van der Waals surface area contributed by atoms with E-state index >= 15 is 0 Å². The van der Waals surface area contributed by atoms with Gasteiger partial charge in [-0.3, -0.25) is 9.59 Å². The Hall–Kier alpha value is -1.87. The Kier molecular flexibility index (Phi) is 5.20. The zero-order chi connectivity index (χ0) is 17.1. The lowest BCUT2D eigenvalue weighted by atomic mass is 9.86. The summed E-state index contributed by atoms with van der Waals surface area (Å²) < 4.78 is 5.25. The topological polar surface area (TPSA) is 79.2 Å². The lowest BCUT2D eigenvalue weighted by molar-refractivity contribution is -0.159. The summed E-state index contributed by atoms with van der Waals surface area (Å²) in [5.74, 6) is -0.699. The molecular formula is C18H22N2O3S. The van der Waals surface area contributed by atoms with Gasteiger partial charge in [0.25, 0.3) is 5.91 Å². The number of rotatable bonds is 4. The van der Waals surface area contributed by atoms with Gasteiger partial charge in [-0.2, -0.15) is 5.26 Å². The van der Waals surface area contributed by atoms with Crippen LogP contribution in [0.15, 0.2) is 0 Å². The molecule has 0 aliphatic heterocycles. The van der Waals surface area contributed by atoms with E-state index in [0.29, 0.717) is 10.6 Å². The fraction of sp³-hybridized carbons (Fsp3) is 0.611. The average Bonchev–Trinajstić information content (AvgIpc) is 2.65. The van der Waals surface area contributed by atoms with Crippen molar-refractivity contribution in [2.45, 2.75) is 64.4 Å². The van der Waals surface area contributed by atoms with Crippen molar-refractivity contribution in [3.05, 3.63) is 16.0 Å². The minimum atomic E-state index is -0.841. The third kappa shape index (κ3) is 3.46. The normalized spacial score (nSPS) is 18.5. The summed E-state index contributed by atoms with van der Waals surface area (Å²) in [6.07, 6.45) is 7.17. The smallest absolute Gasteiger partial charge is 0.309 e. The van der Waals surface area contributed by atoms with Crippen LogP contribution in [0.4, 0.5) is 5.00 Å². The van der Waals surface area contributed by atoms with Gasteiger partial charge in [-0.15, -0.1) is 11.3 Å². The maximum absolute atomic E-state index is 12.3. The molecule has 1 aromatic heterocycles. The van der Waals surface area contributed by atoms with Crippen LogP contribution in [0.1, 0.15) is 61.5 Å². The third-order valence-corrected chi connectivity index (χ3v) is 6.08. The number of ether oxygens (including phenoxy) is 1. The van der Waals surface area contributed by atoms with Crippen LogP contribution in [-0.2, 0) is 27.2 Å². The minimum Gasteiger partial charge on any atom is -0.452 e. The second-order valence-corrected chi connectivity index (χ2v) is 7.68. The first kappa shape index (κ1) is 17.0. The van der Waals surface area contributed by atoms with Crippen molar-refractivity contribution in [2.24, 2.45) is 5.92 Å². The fourth-order valence-corrected chi connectivity index (χ4v) is 4.37. The van der Waals surface area contributed by atoms with Gasteiger partial charge < -0.3 is 10.1 Å². The third-order valence-electron chi connectivity index (χ3n) is 4.87. The molecule has 2 aliphatic carbocycles. The van der Waals surface area contributed by atoms with Crippen LogP contribution in [0.5, 0.6) is 0 Å². The highest BCUT2D eigenvalue weighted by Gasteiger charge is 2.30. The van der Waals surface area contributed by atoms with E-state index in [1.165, 1.54) is 22.6 Å². The highest BCUT2D eigenvalue weighted by atomic mass is 32.1. The maximum Gasteiger partial charge on any atom is 0.309 e. The Morgan fingerprint density at radius 3 is 2.67 bits per heavy atom. The van der Waals surface area contributed by atoms with Gasteiger partial charge in [-0.25, -0.2) is 0 Å². The number of nitrogens with zero attached hydrogens (tertiary/aromatic N) is 1. The summed E-state index contributed by atoms with van der Waals surface area (Å²) in [4.78, 5) is 25.4. The number of anilines is 1. The first-order chi connectivity index (χ1) is 11.6. The van der Waals surface area contributed by atoms with Crippen molar-refractivity contribution in [3.63, 3.8) is 0 Å². The number of thiophene rings is 1. The summed E-state index contributed by atoms with van der Waals surface area (Å²) in [7, 11) is 0. The number of amides is 1. The molecule has 1 aromatic rings. The van der Waals surface area contributed by atoms with E-state index in [2.05, 4.69) is 11.4 Å². The number of hydrogen-bond donors (Lipinski definition) is 1. The minimum absolute atomic E-state index is 0.0484. The van der Waals surface area contributed by atoms with Gasteiger partial charge >= 0.3 is 5.97 Å². The maximum atomic E-state index is 12.3. The van der Waals surface area contributed by atoms with Crippen molar-refractivity contribution < 1.29 is 14.3 Å². The average molecular weight is 346 g/mol. The van der Waals surface area contributed by atoms with E-state index in [1.807, 2.05) is 0 Å². The molecule has 5 nitrogen and oxygen atoms in total. The van der Waals surface area contributed by atoms with Gasteiger partial charge in [0, 0.05) is 4.88 Å². The first-order valence-corrected chi connectivity index (χ1v) is 9.47. The van der Waals surface area contributed by atoms with E-state index < -0.39 is 6.10 Å². The monoisotopic (exact) mass is 346 g/mol. The number of carbonyl (C=O) groups is 2. The molecule has 1 saturated carbocycles. The molecule has 24 heavy (non-hydrogen) atoms. The van der Waals surface area contributed by atoms with E-state index in [9.17, 15) is 14.9 Å². The van der Waals surface area contributed by atoms with E-state index in [1.54, 1.807) is 6.92 Å². The van der Waals surface area contributed by atoms with Crippen LogP contribution in [0.2, 0.25) is 0 Å². The molecule has 1 N–H and O–H groups in total. The second-order valence-electron chi connectivity index (χ2n) is 6.58. The second kappa shape index (κ2) is 7.35. The molecule has 128 valence electrons. The van der Waals surface area contributed by atoms with Gasteiger partial charge in [0.1, 0.15) is 11.1 Å². The zero-order valence-corrected chi connectivity index (χ0v) is 14.7. The zero-order valence-electron chi connectivity index (χ0n) is 13.9. The molecule has 1 atom stereocenters. The summed E-state index contributed by atoms with van der Waals surface area (Å²) in [6, 6.07) is 2.24. The van der Waals surface area contributed by atoms with E-state index in [4.69, 9.17) is 4.74 Å². The summed E-state index contributed by atoms with van der Waals surface area (Å²) in [5, 5.41) is 12.9. The van der Waals surface area contributed by atoms with Gasteiger partial charge in [0.05, 0.1) is 11.5 Å². The molecule has 3 rings (SSSR count). The molecule has 1 heterocycles. The molecule has 1 amide bonds. The number of nitriles is 1. The number of aryl methyl sites for hydroxylation is 1. The van der Waals surface area contributed by atoms with Crippen molar-refractivity contribution in [3.8, 4) is 6.07 Å². The summed E-state index contributed by atoms with van der Waals surface area (Å²) in [5.41, 5.74) is 1.68. The number of nitrogens with one attached hydrogen (secondary N) is 1. The first-order valence-electron chi connectivity index (χ1n) is 8.66. The molecule has 0 saturated heterocycles. The summed E-state index contributed by atoms with van der Waals surface area (Å²) >= 11 is 1.49. The molecule has 2 aliphatic rings. The van der Waals surface area contributed by atoms with Crippen molar-refractivity contribution in [1.29, 1.82) is 5.26 Å². The lowest BCUT2D eigenvalue weighted by Gasteiger charge is -2.24. The number of esters is 1. The molecule has 0 radical (unpaired) electrons. The van der Waals surface area contributed by atoms with Crippen molar-refractivity contribution in [2.75, 3.05) is 5.32 Å². The molecule has 0 spiro atoms. The number of fused-ring (bicyclic) bond motifs is 1. The largest absolute Gasteiger partial charge is 0.452 e. The van der Waals surface area contributed by atoms with Gasteiger partial charge in [-0.1, -0.05) is 12.8 Å². The van der Waals surface area contributed by atoms with Crippen LogP contribution in [0.3, 0.4) is 0 Å². The van der Waals surface area contributed by atoms with Crippen LogP contribution in [-0.4, -0.2) is 18.0 Å². The van der Waals surface area contributed by atoms with Crippen LogP contribution < -0.4 is 5.32 Å². The molecule has 0 bridgehead atoms. The quantitative estimate of drug-likeness (QED) is 0.668. The Bertz CT molecular complexity index is 685. The number of carbonyl (C=O) groups excluding carboxylic acids is 2. The van der Waals surface area contributed by atoms with Crippen molar-refractivity contribution >= 4 is 28.2 Å². The van der Waals surface area contributed by atoms with Crippen LogP contribution in [0.25, 0.3) is 0 Å². The standard InChI is InChI=1S/C18H22N2O3S/c1-11(23-18(22)12-6-5-7-12)16(21)20-17-14(10-19)13-8-3-2-4-9-15(13)24-17/h11-12H,2-9H2,1H3,(H,20,21)/t11-/m0/s1. The Morgan fingerprint density at radius 1 is 1.25 bits per heavy atom. The number of hydrogen-bond acceptors (Lipinski definition) is 5. The van der Waals surface area contributed by atoms with Crippen LogP contribution >= 0.6 is 11.3 Å². The van der Waals surface area contributed by atoms with Gasteiger partial charge in [-0.05, 0) is 51.0 Å². The molecule has 0 unspecified atom stereocenters. The molecule has 0 aromatic carbocycles. The van der Waals surface area contributed by atoms with E-state index in [-0.39, 0.29) is 17.8 Å². The predicted molar refractivity (Wildman–Crippen MR) is 91.8 cm³/mol.